The van der Waals surface area contributed by atoms with Crippen LogP contribution in [0, 0.1) is 0 Å². The van der Waals surface area contributed by atoms with Crippen LogP contribution < -0.4 is 5.32 Å². The van der Waals surface area contributed by atoms with Crippen molar-refractivity contribution >= 4 is 0 Å². The molecule has 0 fully saturated rings. The second-order valence-electron chi connectivity index (χ2n) is 5.47. The minimum atomic E-state index is 0.121. The quantitative estimate of drug-likeness (QED) is 0.899. The van der Waals surface area contributed by atoms with Crippen LogP contribution in [0.3, 0.4) is 0 Å². The van der Waals surface area contributed by atoms with E-state index < -0.39 is 0 Å². The first kappa shape index (κ1) is 12.8. The standard InChI is InChI=1S/C13H20N4O/c1-13(2,3)16-6-5-12-14-7-11(18-12)10-8-17(4)9-15-10/h7-9,16H,5-6H2,1-4H3. The topological polar surface area (TPSA) is 55.9 Å². The highest BCUT2D eigenvalue weighted by molar-refractivity contribution is 5.48. The van der Waals surface area contributed by atoms with Crippen LogP contribution in [0.4, 0.5) is 0 Å². The van der Waals surface area contributed by atoms with Crippen molar-refractivity contribution in [1.29, 1.82) is 0 Å². The summed E-state index contributed by atoms with van der Waals surface area (Å²) in [7, 11) is 1.93. The van der Waals surface area contributed by atoms with Crippen molar-refractivity contribution < 1.29 is 4.42 Å². The van der Waals surface area contributed by atoms with Gasteiger partial charge in [-0.2, -0.15) is 0 Å². The lowest BCUT2D eigenvalue weighted by Crippen LogP contribution is -2.37. The molecule has 5 nitrogen and oxygen atoms in total. The smallest absolute Gasteiger partial charge is 0.196 e. The molecule has 0 aliphatic rings. The van der Waals surface area contributed by atoms with E-state index in [4.69, 9.17) is 4.42 Å². The second-order valence-corrected chi connectivity index (χ2v) is 5.47. The van der Waals surface area contributed by atoms with E-state index in [0.29, 0.717) is 0 Å². The summed E-state index contributed by atoms with van der Waals surface area (Å²) in [6.07, 6.45) is 6.18. The fraction of sp³-hybridized carbons (Fsp3) is 0.538. The van der Waals surface area contributed by atoms with Crippen molar-refractivity contribution in [3.63, 3.8) is 0 Å². The van der Waals surface area contributed by atoms with Crippen molar-refractivity contribution in [3.8, 4) is 11.5 Å². The van der Waals surface area contributed by atoms with Crippen LogP contribution in [0.25, 0.3) is 11.5 Å². The first-order chi connectivity index (χ1) is 8.44. The van der Waals surface area contributed by atoms with Crippen molar-refractivity contribution in [1.82, 2.24) is 19.9 Å². The summed E-state index contributed by atoms with van der Waals surface area (Å²) in [4.78, 5) is 8.50. The lowest BCUT2D eigenvalue weighted by atomic mass is 10.1. The molecule has 0 amide bonds. The Bertz CT molecular complexity index is 507. The SMILES string of the molecule is Cn1cnc(-c2cnc(CCNC(C)(C)C)o2)c1. The number of hydrogen-bond donors (Lipinski definition) is 1. The van der Waals surface area contributed by atoms with Gasteiger partial charge < -0.3 is 14.3 Å². The van der Waals surface area contributed by atoms with E-state index in [-0.39, 0.29) is 5.54 Å². The molecular weight excluding hydrogens is 228 g/mol. The Morgan fingerprint density at radius 2 is 2.11 bits per heavy atom. The molecule has 0 bridgehead atoms. The molecule has 2 rings (SSSR count). The van der Waals surface area contributed by atoms with E-state index in [1.807, 2.05) is 17.8 Å². The first-order valence-electron chi connectivity index (χ1n) is 6.12. The average Bonchev–Trinajstić information content (AvgIpc) is 2.85. The summed E-state index contributed by atoms with van der Waals surface area (Å²) in [5, 5.41) is 3.40. The molecular formula is C13H20N4O. The second kappa shape index (κ2) is 4.94. The molecule has 2 heterocycles. The number of oxazole rings is 1. The van der Waals surface area contributed by atoms with Crippen LogP contribution in [0.1, 0.15) is 26.7 Å². The summed E-state index contributed by atoms with van der Waals surface area (Å²) in [6, 6.07) is 0. The zero-order chi connectivity index (χ0) is 13.2. The maximum atomic E-state index is 5.67. The molecule has 0 radical (unpaired) electrons. The van der Waals surface area contributed by atoms with Crippen LogP contribution >= 0.6 is 0 Å². The number of nitrogens with one attached hydrogen (secondary N) is 1. The minimum absolute atomic E-state index is 0.121. The normalized spacial score (nSPS) is 12.0. The molecule has 5 heteroatoms. The molecule has 0 atom stereocenters. The summed E-state index contributed by atoms with van der Waals surface area (Å²) in [5.41, 5.74) is 0.941. The van der Waals surface area contributed by atoms with Crippen molar-refractivity contribution in [2.24, 2.45) is 7.05 Å². The van der Waals surface area contributed by atoms with Gasteiger partial charge in [-0.15, -0.1) is 0 Å². The number of imidazole rings is 1. The van der Waals surface area contributed by atoms with E-state index >= 15 is 0 Å². The molecule has 2 aromatic heterocycles. The zero-order valence-electron chi connectivity index (χ0n) is 11.4. The highest BCUT2D eigenvalue weighted by atomic mass is 16.4. The third-order valence-corrected chi connectivity index (χ3v) is 2.51. The average molecular weight is 248 g/mol. The summed E-state index contributed by atoms with van der Waals surface area (Å²) in [6.45, 7) is 7.28. The predicted molar refractivity (Wildman–Crippen MR) is 70.2 cm³/mol. The molecule has 0 saturated heterocycles. The van der Waals surface area contributed by atoms with Gasteiger partial charge >= 0.3 is 0 Å². The van der Waals surface area contributed by atoms with Crippen LogP contribution in [0.5, 0.6) is 0 Å². The molecule has 0 spiro atoms. The van der Waals surface area contributed by atoms with Crippen LogP contribution in [-0.2, 0) is 13.5 Å². The molecule has 18 heavy (non-hydrogen) atoms. The largest absolute Gasteiger partial charge is 0.439 e. The van der Waals surface area contributed by atoms with Crippen LogP contribution in [-0.4, -0.2) is 26.6 Å². The predicted octanol–water partition coefficient (Wildman–Crippen LogP) is 2.01. The maximum Gasteiger partial charge on any atom is 0.196 e. The molecule has 0 aromatic carbocycles. The van der Waals surface area contributed by atoms with Gasteiger partial charge in [0.1, 0.15) is 5.69 Å². The molecule has 1 N–H and O–H groups in total. The first-order valence-corrected chi connectivity index (χ1v) is 6.12. The summed E-state index contributed by atoms with van der Waals surface area (Å²) >= 11 is 0. The minimum Gasteiger partial charge on any atom is -0.439 e. The van der Waals surface area contributed by atoms with Crippen LogP contribution in [0.2, 0.25) is 0 Å². The summed E-state index contributed by atoms with van der Waals surface area (Å²) < 4.78 is 7.56. The molecule has 0 unspecified atom stereocenters. The lowest BCUT2D eigenvalue weighted by molar-refractivity contribution is 0.411. The van der Waals surface area contributed by atoms with Crippen LogP contribution in [0.15, 0.2) is 23.1 Å². The van der Waals surface area contributed by atoms with Gasteiger partial charge in [-0.1, -0.05) is 0 Å². The zero-order valence-corrected chi connectivity index (χ0v) is 11.4. The molecule has 0 aliphatic carbocycles. The van der Waals surface area contributed by atoms with E-state index in [1.165, 1.54) is 0 Å². The van der Waals surface area contributed by atoms with Crippen molar-refractivity contribution in [2.75, 3.05) is 6.54 Å². The molecule has 2 aromatic rings. The van der Waals surface area contributed by atoms with Gasteiger partial charge in [-0.3, -0.25) is 0 Å². The van der Waals surface area contributed by atoms with Gasteiger partial charge in [-0.05, 0) is 20.8 Å². The van der Waals surface area contributed by atoms with E-state index in [0.717, 1.165) is 30.3 Å². The molecule has 98 valence electrons. The number of rotatable bonds is 4. The fourth-order valence-electron chi connectivity index (χ4n) is 1.63. The van der Waals surface area contributed by atoms with Gasteiger partial charge in [0.2, 0.25) is 0 Å². The number of nitrogens with zero attached hydrogens (tertiary/aromatic N) is 3. The molecule has 0 saturated carbocycles. The Kier molecular flexibility index (Phi) is 3.52. The van der Waals surface area contributed by atoms with Gasteiger partial charge in [0.25, 0.3) is 0 Å². The monoisotopic (exact) mass is 248 g/mol. The Morgan fingerprint density at radius 1 is 1.33 bits per heavy atom. The van der Waals surface area contributed by atoms with E-state index in [2.05, 4.69) is 36.1 Å². The number of aromatic nitrogens is 3. The van der Waals surface area contributed by atoms with E-state index in [9.17, 15) is 0 Å². The van der Waals surface area contributed by atoms with Crippen molar-refractivity contribution in [3.05, 3.63) is 24.6 Å². The van der Waals surface area contributed by atoms with Gasteiger partial charge in [-0.25, -0.2) is 9.97 Å². The third-order valence-electron chi connectivity index (χ3n) is 2.51. The molecule has 0 aliphatic heterocycles. The Labute approximate surface area is 107 Å². The number of aryl methyl sites for hydroxylation is 1. The van der Waals surface area contributed by atoms with Gasteiger partial charge in [0.05, 0.1) is 12.5 Å². The summed E-state index contributed by atoms with van der Waals surface area (Å²) in [5.74, 6) is 1.47. The number of hydrogen-bond acceptors (Lipinski definition) is 4. The Hall–Kier alpha value is -1.62. The van der Waals surface area contributed by atoms with Gasteiger partial charge in [0.15, 0.2) is 11.7 Å². The van der Waals surface area contributed by atoms with E-state index in [1.54, 1.807) is 12.5 Å². The Balaban J connectivity index is 1.94. The maximum absolute atomic E-state index is 5.67. The third kappa shape index (κ3) is 3.43. The Morgan fingerprint density at radius 3 is 2.72 bits per heavy atom. The highest BCUT2D eigenvalue weighted by Crippen LogP contribution is 2.17. The lowest BCUT2D eigenvalue weighted by Gasteiger charge is -2.19. The van der Waals surface area contributed by atoms with Crippen molar-refractivity contribution in [2.45, 2.75) is 32.7 Å². The fourth-order valence-corrected chi connectivity index (χ4v) is 1.63. The van der Waals surface area contributed by atoms with Gasteiger partial charge in [0, 0.05) is 31.7 Å². The highest BCUT2D eigenvalue weighted by Gasteiger charge is 2.11.